The summed E-state index contributed by atoms with van der Waals surface area (Å²) < 4.78 is 0. The van der Waals surface area contributed by atoms with E-state index in [4.69, 9.17) is 9.97 Å². The molecule has 5 aromatic carbocycles. The fraction of sp³-hybridized carbons (Fsp3) is 0. The Bertz CT molecular complexity index is 1890. The summed E-state index contributed by atoms with van der Waals surface area (Å²) >= 11 is 1.66. The maximum Gasteiger partial charge on any atom is 0.170 e. The molecule has 0 spiro atoms. The monoisotopic (exact) mass is 542 g/mol. The molecular weight excluding hydrogens is 516 g/mol. The number of thiophene rings is 1. The molecule has 2 heterocycles. The summed E-state index contributed by atoms with van der Waals surface area (Å²) in [5.74, 6) is 0.749. The third-order valence-electron chi connectivity index (χ3n) is 7.24. The lowest BCUT2D eigenvalue weighted by Gasteiger charge is -2.10. The molecule has 0 saturated heterocycles. The van der Waals surface area contributed by atoms with Gasteiger partial charge in [-0.05, 0) is 57.0 Å². The molecule has 0 bridgehead atoms. The Morgan fingerprint density at radius 1 is 0.341 bits per heavy atom. The average Bonchev–Trinajstić information content (AvgIpc) is 3.61. The SMILES string of the molecule is c1ccc(-c2ccc(-c3cc(-c4ccc(-c5cccc(-c6ccccc6)c5)cc4)nc(-c4cccs4)n3)cc2)cc1. The molecule has 0 N–H and O–H groups in total. The van der Waals surface area contributed by atoms with Crippen LogP contribution >= 0.6 is 11.3 Å². The highest BCUT2D eigenvalue weighted by molar-refractivity contribution is 7.13. The van der Waals surface area contributed by atoms with E-state index in [0.29, 0.717) is 0 Å². The molecule has 0 atom stereocenters. The van der Waals surface area contributed by atoms with E-state index in [-0.39, 0.29) is 0 Å². The molecule has 0 aliphatic carbocycles. The first-order valence-corrected chi connectivity index (χ1v) is 14.5. The van der Waals surface area contributed by atoms with Gasteiger partial charge in [0.25, 0.3) is 0 Å². The Balaban J connectivity index is 1.24. The maximum absolute atomic E-state index is 4.99. The first kappa shape index (κ1) is 24.9. The standard InChI is InChI=1S/C38H26N2S/c1-3-9-27(10-4-1)29-16-20-31(21-17-29)35-26-36(40-38(39-35)37-15-8-24-41-37)32-22-18-30(19-23-32)34-14-7-13-33(25-34)28-11-5-2-6-12-28/h1-26H. The smallest absolute Gasteiger partial charge is 0.170 e. The van der Waals surface area contributed by atoms with Crippen molar-refractivity contribution in [3.05, 3.63) is 157 Å². The van der Waals surface area contributed by atoms with Crippen molar-refractivity contribution in [3.63, 3.8) is 0 Å². The predicted molar refractivity (Wildman–Crippen MR) is 173 cm³/mol. The van der Waals surface area contributed by atoms with Crippen LogP contribution < -0.4 is 0 Å². The van der Waals surface area contributed by atoms with Crippen molar-refractivity contribution < 1.29 is 0 Å². The van der Waals surface area contributed by atoms with Crippen molar-refractivity contribution in [2.75, 3.05) is 0 Å². The molecule has 194 valence electrons. The first-order valence-electron chi connectivity index (χ1n) is 13.7. The first-order chi connectivity index (χ1) is 20.3. The van der Waals surface area contributed by atoms with E-state index in [1.165, 1.54) is 33.4 Å². The summed E-state index contributed by atoms with van der Waals surface area (Å²) in [5, 5.41) is 2.07. The second-order valence-corrected chi connectivity index (χ2v) is 10.9. The molecule has 0 aliphatic heterocycles. The molecule has 7 aromatic rings. The average molecular weight is 543 g/mol. The van der Waals surface area contributed by atoms with Crippen LogP contribution in [0.25, 0.3) is 66.6 Å². The van der Waals surface area contributed by atoms with Gasteiger partial charge in [0, 0.05) is 11.1 Å². The van der Waals surface area contributed by atoms with Gasteiger partial charge in [0.1, 0.15) is 0 Å². The summed E-state index contributed by atoms with van der Waals surface area (Å²) in [4.78, 5) is 11.0. The van der Waals surface area contributed by atoms with Crippen LogP contribution in [0, 0.1) is 0 Å². The van der Waals surface area contributed by atoms with Gasteiger partial charge in [0.2, 0.25) is 0 Å². The van der Waals surface area contributed by atoms with E-state index in [0.717, 1.165) is 33.2 Å². The molecule has 0 fully saturated rings. The van der Waals surface area contributed by atoms with Gasteiger partial charge in [0.15, 0.2) is 5.82 Å². The van der Waals surface area contributed by atoms with E-state index in [9.17, 15) is 0 Å². The number of rotatable bonds is 6. The van der Waals surface area contributed by atoms with E-state index in [2.05, 4.69) is 139 Å². The summed E-state index contributed by atoms with van der Waals surface area (Å²) in [6, 6.07) is 53.2. The molecule has 41 heavy (non-hydrogen) atoms. The fourth-order valence-electron chi connectivity index (χ4n) is 5.07. The van der Waals surface area contributed by atoms with E-state index >= 15 is 0 Å². The summed E-state index contributed by atoms with van der Waals surface area (Å²) in [6.45, 7) is 0. The van der Waals surface area contributed by atoms with Crippen LogP contribution in [0.5, 0.6) is 0 Å². The zero-order chi connectivity index (χ0) is 27.4. The van der Waals surface area contributed by atoms with Crippen LogP contribution in [0.1, 0.15) is 0 Å². The van der Waals surface area contributed by atoms with Gasteiger partial charge in [-0.2, -0.15) is 0 Å². The Labute approximate surface area is 244 Å². The number of hydrogen-bond acceptors (Lipinski definition) is 3. The highest BCUT2D eigenvalue weighted by Crippen LogP contribution is 2.32. The second-order valence-electron chi connectivity index (χ2n) is 9.91. The minimum Gasteiger partial charge on any atom is -0.227 e. The number of aromatic nitrogens is 2. The second kappa shape index (κ2) is 11.2. The Hall–Kier alpha value is -5.12. The number of hydrogen-bond donors (Lipinski definition) is 0. The molecule has 0 amide bonds. The van der Waals surface area contributed by atoms with Crippen LogP contribution in [-0.4, -0.2) is 9.97 Å². The van der Waals surface area contributed by atoms with Gasteiger partial charge in [-0.3, -0.25) is 0 Å². The van der Waals surface area contributed by atoms with Gasteiger partial charge in [-0.25, -0.2) is 9.97 Å². The molecule has 0 radical (unpaired) electrons. The van der Waals surface area contributed by atoms with Crippen molar-refractivity contribution in [3.8, 4) is 66.6 Å². The lowest BCUT2D eigenvalue weighted by Crippen LogP contribution is -1.95. The van der Waals surface area contributed by atoms with E-state index in [1.807, 2.05) is 18.2 Å². The number of nitrogens with zero attached hydrogens (tertiary/aromatic N) is 2. The van der Waals surface area contributed by atoms with Gasteiger partial charge in [-0.1, -0.05) is 133 Å². The van der Waals surface area contributed by atoms with Crippen molar-refractivity contribution >= 4 is 11.3 Å². The topological polar surface area (TPSA) is 25.8 Å². The van der Waals surface area contributed by atoms with Crippen LogP contribution in [-0.2, 0) is 0 Å². The summed E-state index contributed by atoms with van der Waals surface area (Å²) in [6.07, 6.45) is 0. The molecule has 0 saturated carbocycles. The highest BCUT2D eigenvalue weighted by atomic mass is 32.1. The quantitative estimate of drug-likeness (QED) is 0.209. The van der Waals surface area contributed by atoms with E-state index < -0.39 is 0 Å². The third-order valence-corrected chi connectivity index (χ3v) is 8.10. The molecule has 2 nitrogen and oxygen atoms in total. The van der Waals surface area contributed by atoms with Crippen LogP contribution in [0.2, 0.25) is 0 Å². The Kier molecular flexibility index (Phi) is 6.78. The molecule has 3 heteroatoms. The van der Waals surface area contributed by atoms with Crippen molar-refractivity contribution in [1.82, 2.24) is 9.97 Å². The fourth-order valence-corrected chi connectivity index (χ4v) is 5.72. The van der Waals surface area contributed by atoms with Crippen LogP contribution in [0.4, 0.5) is 0 Å². The van der Waals surface area contributed by atoms with Gasteiger partial charge >= 0.3 is 0 Å². The summed E-state index contributed by atoms with van der Waals surface area (Å²) in [5.41, 5.74) is 11.2. The largest absolute Gasteiger partial charge is 0.227 e. The maximum atomic E-state index is 4.99. The van der Waals surface area contributed by atoms with Gasteiger partial charge < -0.3 is 0 Å². The lowest BCUT2D eigenvalue weighted by atomic mass is 9.98. The molecule has 7 rings (SSSR count). The zero-order valence-corrected chi connectivity index (χ0v) is 23.1. The van der Waals surface area contributed by atoms with Crippen molar-refractivity contribution in [1.29, 1.82) is 0 Å². The molecule has 0 unspecified atom stereocenters. The third kappa shape index (κ3) is 5.36. The molecular formula is C38H26N2S. The lowest BCUT2D eigenvalue weighted by molar-refractivity contribution is 1.19. The van der Waals surface area contributed by atoms with Crippen molar-refractivity contribution in [2.24, 2.45) is 0 Å². The Morgan fingerprint density at radius 3 is 1.29 bits per heavy atom. The highest BCUT2D eigenvalue weighted by Gasteiger charge is 2.12. The Morgan fingerprint density at radius 2 is 0.780 bits per heavy atom. The predicted octanol–water partition coefficient (Wildman–Crippen LogP) is 10.5. The van der Waals surface area contributed by atoms with Crippen LogP contribution in [0.3, 0.4) is 0 Å². The normalized spacial score (nSPS) is 10.9. The van der Waals surface area contributed by atoms with Crippen LogP contribution in [0.15, 0.2) is 157 Å². The van der Waals surface area contributed by atoms with Crippen molar-refractivity contribution in [2.45, 2.75) is 0 Å². The van der Waals surface area contributed by atoms with Gasteiger partial charge in [-0.15, -0.1) is 11.3 Å². The van der Waals surface area contributed by atoms with Gasteiger partial charge in [0.05, 0.1) is 16.3 Å². The molecule has 2 aromatic heterocycles. The van der Waals surface area contributed by atoms with E-state index in [1.54, 1.807) is 11.3 Å². The summed E-state index contributed by atoms with van der Waals surface area (Å²) in [7, 11) is 0. The molecule has 0 aliphatic rings. The minimum absolute atomic E-state index is 0.749. The minimum atomic E-state index is 0.749. The zero-order valence-electron chi connectivity index (χ0n) is 22.3. The number of benzene rings is 5.